The number of nitrogens with one attached hydrogen (secondary N) is 1. The largest absolute Gasteiger partial charge is 0.387 e. The molecule has 1 aromatic rings. The summed E-state index contributed by atoms with van der Waals surface area (Å²) in [5, 5.41) is 3.10. The highest BCUT2D eigenvalue weighted by molar-refractivity contribution is 6.00. The molecule has 0 saturated carbocycles. The van der Waals surface area contributed by atoms with Crippen LogP contribution in [0.2, 0.25) is 0 Å². The van der Waals surface area contributed by atoms with Crippen molar-refractivity contribution < 1.29 is 4.79 Å². The van der Waals surface area contributed by atoms with Gasteiger partial charge in [0.2, 0.25) is 0 Å². The molecule has 1 amide bonds. The van der Waals surface area contributed by atoms with E-state index in [9.17, 15) is 4.79 Å². The second-order valence-electron chi connectivity index (χ2n) is 5.46. The number of carbonyl (C=O) groups is 1. The molecule has 104 valence electrons. The molecule has 1 aliphatic rings. The summed E-state index contributed by atoms with van der Waals surface area (Å²) in [6, 6.07) is 6.45. The van der Waals surface area contributed by atoms with Crippen LogP contribution in [0.4, 0.5) is 5.69 Å². The van der Waals surface area contributed by atoms with Gasteiger partial charge in [-0.15, -0.1) is 0 Å². The Bertz CT molecular complexity index is 470. The van der Waals surface area contributed by atoms with Crippen molar-refractivity contribution in [3.05, 3.63) is 29.3 Å². The van der Waals surface area contributed by atoms with E-state index in [1.165, 1.54) is 0 Å². The number of hydrogen-bond acceptors (Lipinski definition) is 3. The normalized spacial score (nSPS) is 19.0. The summed E-state index contributed by atoms with van der Waals surface area (Å²) in [5.41, 5.74) is 2.80. The molecular formula is C15H23N3O. The first-order chi connectivity index (χ1) is 9.02. The highest BCUT2D eigenvalue weighted by Crippen LogP contribution is 2.22. The molecule has 1 aliphatic heterocycles. The molecule has 0 aromatic heterocycles. The van der Waals surface area contributed by atoms with E-state index in [4.69, 9.17) is 0 Å². The Labute approximate surface area is 115 Å². The van der Waals surface area contributed by atoms with Crippen LogP contribution in [-0.2, 0) is 0 Å². The van der Waals surface area contributed by atoms with Gasteiger partial charge in [-0.3, -0.25) is 4.79 Å². The molecule has 0 spiro atoms. The number of hydrogen-bond donors (Lipinski definition) is 1. The first kappa shape index (κ1) is 13.9. The molecule has 4 nitrogen and oxygen atoms in total. The number of nitrogens with zero attached hydrogens (tertiary/aromatic N) is 2. The molecule has 1 aromatic carbocycles. The molecule has 2 rings (SSSR count). The Morgan fingerprint density at radius 1 is 1.42 bits per heavy atom. The molecule has 1 unspecified atom stereocenters. The molecular weight excluding hydrogens is 238 g/mol. The summed E-state index contributed by atoms with van der Waals surface area (Å²) in [5.74, 6) is 0.136. The lowest BCUT2D eigenvalue weighted by Gasteiger charge is -2.21. The second kappa shape index (κ2) is 5.61. The van der Waals surface area contributed by atoms with Crippen LogP contribution in [0.3, 0.4) is 0 Å². The lowest BCUT2D eigenvalue weighted by atomic mass is 10.1. The van der Waals surface area contributed by atoms with Gasteiger partial charge in [0.1, 0.15) is 0 Å². The van der Waals surface area contributed by atoms with Gasteiger partial charge >= 0.3 is 0 Å². The lowest BCUT2D eigenvalue weighted by Crippen LogP contribution is -2.34. The number of likely N-dealkylation sites (tertiary alicyclic amines) is 1. The molecule has 0 aliphatic carbocycles. The molecule has 4 heteroatoms. The minimum atomic E-state index is 0.136. The third kappa shape index (κ3) is 2.89. The average molecular weight is 261 g/mol. The summed E-state index contributed by atoms with van der Waals surface area (Å²) in [6.45, 7) is 3.69. The van der Waals surface area contributed by atoms with E-state index in [2.05, 4.69) is 24.3 Å². The SMILES string of the molecule is CNc1ccc(C)cc1C(=O)N1CCC(N(C)C)C1. The summed E-state index contributed by atoms with van der Waals surface area (Å²) in [6.07, 6.45) is 1.06. The van der Waals surface area contributed by atoms with Crippen molar-refractivity contribution in [1.29, 1.82) is 0 Å². The smallest absolute Gasteiger partial charge is 0.256 e. The zero-order chi connectivity index (χ0) is 14.0. The topological polar surface area (TPSA) is 35.6 Å². The number of benzene rings is 1. The highest BCUT2D eigenvalue weighted by atomic mass is 16.2. The molecule has 1 fully saturated rings. The fourth-order valence-electron chi connectivity index (χ4n) is 2.57. The van der Waals surface area contributed by atoms with E-state index in [1.807, 2.05) is 37.1 Å². The van der Waals surface area contributed by atoms with Crippen LogP contribution in [-0.4, -0.2) is 56.0 Å². The minimum Gasteiger partial charge on any atom is -0.387 e. The van der Waals surface area contributed by atoms with Gasteiger partial charge in [-0.25, -0.2) is 0 Å². The van der Waals surface area contributed by atoms with Gasteiger partial charge in [0.15, 0.2) is 0 Å². The highest BCUT2D eigenvalue weighted by Gasteiger charge is 2.28. The number of carbonyl (C=O) groups excluding carboxylic acids is 1. The zero-order valence-electron chi connectivity index (χ0n) is 12.2. The van der Waals surface area contributed by atoms with Crippen molar-refractivity contribution in [1.82, 2.24) is 9.80 Å². The third-order valence-electron chi connectivity index (χ3n) is 3.86. The van der Waals surface area contributed by atoms with Crippen molar-refractivity contribution in [3.63, 3.8) is 0 Å². The Hall–Kier alpha value is -1.55. The second-order valence-corrected chi connectivity index (χ2v) is 5.46. The van der Waals surface area contributed by atoms with E-state index < -0.39 is 0 Å². The monoisotopic (exact) mass is 261 g/mol. The van der Waals surface area contributed by atoms with Crippen molar-refractivity contribution in [2.45, 2.75) is 19.4 Å². The molecule has 0 radical (unpaired) electrons. The van der Waals surface area contributed by atoms with Crippen LogP contribution in [0.15, 0.2) is 18.2 Å². The number of rotatable bonds is 3. The molecule has 1 heterocycles. The zero-order valence-corrected chi connectivity index (χ0v) is 12.2. The number of anilines is 1. The van der Waals surface area contributed by atoms with Crippen LogP contribution >= 0.6 is 0 Å². The van der Waals surface area contributed by atoms with Gasteiger partial charge in [0, 0.05) is 31.9 Å². The van der Waals surface area contributed by atoms with Gasteiger partial charge < -0.3 is 15.1 Å². The van der Waals surface area contributed by atoms with E-state index in [-0.39, 0.29) is 5.91 Å². The summed E-state index contributed by atoms with van der Waals surface area (Å²) in [4.78, 5) is 16.8. The minimum absolute atomic E-state index is 0.136. The number of amides is 1. The van der Waals surface area contributed by atoms with E-state index in [0.29, 0.717) is 6.04 Å². The van der Waals surface area contributed by atoms with Crippen LogP contribution in [0.1, 0.15) is 22.3 Å². The van der Waals surface area contributed by atoms with Crippen molar-refractivity contribution >= 4 is 11.6 Å². The van der Waals surface area contributed by atoms with Crippen LogP contribution in [0.25, 0.3) is 0 Å². The van der Waals surface area contributed by atoms with E-state index >= 15 is 0 Å². The van der Waals surface area contributed by atoms with Crippen LogP contribution in [0.5, 0.6) is 0 Å². The fraction of sp³-hybridized carbons (Fsp3) is 0.533. The van der Waals surface area contributed by atoms with Gasteiger partial charge in [0.25, 0.3) is 5.91 Å². The first-order valence-electron chi connectivity index (χ1n) is 6.77. The predicted octanol–water partition coefficient (Wildman–Crippen LogP) is 1.81. The van der Waals surface area contributed by atoms with Crippen molar-refractivity contribution in [2.75, 3.05) is 39.5 Å². The van der Waals surface area contributed by atoms with Crippen LogP contribution < -0.4 is 5.32 Å². The summed E-state index contributed by atoms with van der Waals surface area (Å²) < 4.78 is 0. The van der Waals surface area contributed by atoms with Gasteiger partial charge in [-0.2, -0.15) is 0 Å². The summed E-state index contributed by atoms with van der Waals surface area (Å²) >= 11 is 0. The maximum absolute atomic E-state index is 12.6. The Balaban J connectivity index is 2.19. The average Bonchev–Trinajstić information content (AvgIpc) is 2.87. The number of likely N-dealkylation sites (N-methyl/N-ethyl adjacent to an activating group) is 1. The molecule has 19 heavy (non-hydrogen) atoms. The van der Waals surface area contributed by atoms with Crippen molar-refractivity contribution in [2.24, 2.45) is 0 Å². The van der Waals surface area contributed by atoms with Gasteiger partial charge in [-0.1, -0.05) is 11.6 Å². The third-order valence-corrected chi connectivity index (χ3v) is 3.86. The fourth-order valence-corrected chi connectivity index (χ4v) is 2.57. The molecule has 0 bridgehead atoms. The predicted molar refractivity (Wildman–Crippen MR) is 78.7 cm³/mol. The molecule has 1 atom stereocenters. The maximum atomic E-state index is 12.6. The Kier molecular flexibility index (Phi) is 4.10. The standard InChI is InChI=1S/C15H23N3O/c1-11-5-6-14(16-2)13(9-11)15(19)18-8-7-12(10-18)17(3)4/h5-6,9,12,16H,7-8,10H2,1-4H3. The Morgan fingerprint density at radius 3 is 2.74 bits per heavy atom. The Morgan fingerprint density at radius 2 is 2.16 bits per heavy atom. The van der Waals surface area contributed by atoms with E-state index in [0.717, 1.165) is 36.3 Å². The van der Waals surface area contributed by atoms with Gasteiger partial charge in [0.05, 0.1) is 5.56 Å². The van der Waals surface area contributed by atoms with E-state index in [1.54, 1.807) is 0 Å². The quantitative estimate of drug-likeness (QED) is 0.901. The maximum Gasteiger partial charge on any atom is 0.256 e. The first-order valence-corrected chi connectivity index (χ1v) is 6.77. The van der Waals surface area contributed by atoms with Gasteiger partial charge in [-0.05, 0) is 39.6 Å². The lowest BCUT2D eigenvalue weighted by molar-refractivity contribution is 0.0784. The summed E-state index contributed by atoms with van der Waals surface area (Å²) in [7, 11) is 6.00. The molecule has 1 N–H and O–H groups in total. The number of aryl methyl sites for hydroxylation is 1. The molecule has 1 saturated heterocycles. The van der Waals surface area contributed by atoms with Crippen molar-refractivity contribution in [3.8, 4) is 0 Å². The van der Waals surface area contributed by atoms with Crippen LogP contribution in [0, 0.1) is 6.92 Å².